The van der Waals surface area contributed by atoms with Gasteiger partial charge in [0.15, 0.2) is 0 Å². The third kappa shape index (κ3) is 5.13. The van der Waals surface area contributed by atoms with Crippen LogP contribution < -0.4 is 5.32 Å². The topological polar surface area (TPSA) is 12.0 Å². The van der Waals surface area contributed by atoms with Gasteiger partial charge in [-0.1, -0.05) is 55.3 Å². The maximum atomic E-state index is 3.77. The molecule has 1 atom stereocenters. The van der Waals surface area contributed by atoms with Gasteiger partial charge in [-0.25, -0.2) is 0 Å². The van der Waals surface area contributed by atoms with Crippen molar-refractivity contribution in [3.05, 3.63) is 47.5 Å². The largest absolute Gasteiger partial charge is 0.310 e. The first-order valence-electron chi connectivity index (χ1n) is 8.36. The number of hydrogen-bond donors (Lipinski definition) is 1. The maximum absolute atomic E-state index is 3.77. The lowest BCUT2D eigenvalue weighted by atomic mass is 9.95. The summed E-state index contributed by atoms with van der Waals surface area (Å²) in [6, 6.07) is 11.5. The van der Waals surface area contributed by atoms with E-state index in [0.717, 1.165) is 6.54 Å². The molecule has 0 radical (unpaired) electrons. The van der Waals surface area contributed by atoms with Crippen molar-refractivity contribution in [3.8, 4) is 0 Å². The molecule has 0 heterocycles. The summed E-state index contributed by atoms with van der Waals surface area (Å²) in [5.74, 6) is 0. The summed E-state index contributed by atoms with van der Waals surface area (Å²) in [5, 5.41) is 3.77. The van der Waals surface area contributed by atoms with Crippen molar-refractivity contribution >= 4 is 0 Å². The van der Waals surface area contributed by atoms with Gasteiger partial charge in [-0.15, -0.1) is 0 Å². The maximum Gasteiger partial charge on any atom is 0.0282 e. The van der Waals surface area contributed by atoms with Crippen LogP contribution >= 0.6 is 0 Å². The molecule has 1 N–H and O–H groups in total. The van der Waals surface area contributed by atoms with Gasteiger partial charge in [0.05, 0.1) is 0 Å². The van der Waals surface area contributed by atoms with E-state index in [-0.39, 0.29) is 0 Å². The van der Waals surface area contributed by atoms with Crippen LogP contribution in [0.25, 0.3) is 0 Å². The molecule has 0 aromatic heterocycles. The molecule has 1 aliphatic carbocycles. The van der Waals surface area contributed by atoms with Crippen LogP contribution in [0.4, 0.5) is 0 Å². The molecule has 110 valence electrons. The number of hydrogen-bond acceptors (Lipinski definition) is 1. The van der Waals surface area contributed by atoms with Gasteiger partial charge in [-0.2, -0.15) is 0 Å². The van der Waals surface area contributed by atoms with Crippen LogP contribution in [-0.4, -0.2) is 12.6 Å². The van der Waals surface area contributed by atoms with E-state index in [4.69, 9.17) is 0 Å². The molecule has 0 fully saturated rings. The molecule has 0 bridgehead atoms. The molecular formula is C19H29N. The van der Waals surface area contributed by atoms with E-state index in [2.05, 4.69) is 48.6 Å². The first-order valence-corrected chi connectivity index (χ1v) is 8.36. The highest BCUT2D eigenvalue weighted by Crippen LogP contribution is 2.22. The summed E-state index contributed by atoms with van der Waals surface area (Å²) in [5.41, 5.74) is 3.14. The lowest BCUT2D eigenvalue weighted by Gasteiger charge is -2.22. The standard InChI is InChI=1S/C19H29N/c1-2-16-20-19(18-12-8-3-4-9-13-18)15-14-17-10-6-5-7-11-17/h5-7,10-12,19-20H,2-4,8-9,13-16H2,1H3. The molecule has 1 heteroatoms. The Morgan fingerprint density at radius 3 is 2.75 bits per heavy atom. The minimum absolute atomic E-state index is 0.591. The van der Waals surface area contributed by atoms with Crippen molar-refractivity contribution in [1.29, 1.82) is 0 Å². The Bertz CT molecular complexity index is 393. The third-order valence-electron chi connectivity index (χ3n) is 4.23. The summed E-state index contributed by atoms with van der Waals surface area (Å²) in [4.78, 5) is 0. The quantitative estimate of drug-likeness (QED) is 0.697. The number of aryl methyl sites for hydroxylation is 1. The van der Waals surface area contributed by atoms with E-state index in [1.807, 2.05) is 0 Å². The summed E-state index contributed by atoms with van der Waals surface area (Å²) >= 11 is 0. The average Bonchev–Trinajstić information content (AvgIpc) is 2.78. The van der Waals surface area contributed by atoms with E-state index < -0.39 is 0 Å². The van der Waals surface area contributed by atoms with Crippen LogP contribution in [0.2, 0.25) is 0 Å². The molecular weight excluding hydrogens is 242 g/mol. The van der Waals surface area contributed by atoms with Gasteiger partial charge >= 0.3 is 0 Å². The zero-order chi connectivity index (χ0) is 14.0. The molecule has 1 aromatic carbocycles. The van der Waals surface area contributed by atoms with Gasteiger partial charge in [-0.3, -0.25) is 0 Å². The van der Waals surface area contributed by atoms with E-state index in [0.29, 0.717) is 6.04 Å². The third-order valence-corrected chi connectivity index (χ3v) is 4.23. The van der Waals surface area contributed by atoms with Crippen LogP contribution in [0.1, 0.15) is 57.4 Å². The predicted molar refractivity (Wildman–Crippen MR) is 88.0 cm³/mol. The summed E-state index contributed by atoms with van der Waals surface area (Å²) in [7, 11) is 0. The molecule has 1 unspecified atom stereocenters. The van der Waals surface area contributed by atoms with Crippen molar-refractivity contribution in [2.24, 2.45) is 0 Å². The van der Waals surface area contributed by atoms with Crippen LogP contribution in [0, 0.1) is 0 Å². The Labute approximate surface area is 124 Å². The van der Waals surface area contributed by atoms with Crippen LogP contribution in [-0.2, 0) is 6.42 Å². The molecule has 1 aliphatic rings. The van der Waals surface area contributed by atoms with Crippen molar-refractivity contribution < 1.29 is 0 Å². The molecule has 1 nitrogen and oxygen atoms in total. The fraction of sp³-hybridized carbons (Fsp3) is 0.579. The molecule has 0 spiro atoms. The zero-order valence-corrected chi connectivity index (χ0v) is 12.9. The zero-order valence-electron chi connectivity index (χ0n) is 12.9. The SMILES string of the molecule is CCCNC(CCc1ccccc1)C1=CCCCCC1. The molecule has 0 saturated carbocycles. The lowest BCUT2D eigenvalue weighted by molar-refractivity contribution is 0.516. The van der Waals surface area contributed by atoms with E-state index >= 15 is 0 Å². The molecule has 0 amide bonds. The van der Waals surface area contributed by atoms with E-state index in [1.165, 1.54) is 56.9 Å². The Balaban J connectivity index is 1.93. The van der Waals surface area contributed by atoms with Crippen LogP contribution in [0.15, 0.2) is 42.0 Å². The molecule has 2 rings (SSSR count). The second-order valence-electron chi connectivity index (χ2n) is 5.91. The summed E-state index contributed by atoms with van der Waals surface area (Å²) in [6.07, 6.45) is 12.9. The number of rotatable bonds is 7. The summed E-state index contributed by atoms with van der Waals surface area (Å²) < 4.78 is 0. The van der Waals surface area contributed by atoms with Gasteiger partial charge in [0.1, 0.15) is 0 Å². The van der Waals surface area contributed by atoms with Crippen LogP contribution in [0.3, 0.4) is 0 Å². The minimum Gasteiger partial charge on any atom is -0.310 e. The smallest absolute Gasteiger partial charge is 0.0282 e. The fourth-order valence-corrected chi connectivity index (χ4v) is 3.05. The van der Waals surface area contributed by atoms with E-state index in [1.54, 1.807) is 5.57 Å². The molecule has 0 aliphatic heterocycles. The number of benzene rings is 1. The fourth-order valence-electron chi connectivity index (χ4n) is 3.05. The van der Waals surface area contributed by atoms with Crippen LogP contribution in [0.5, 0.6) is 0 Å². The van der Waals surface area contributed by atoms with Gasteiger partial charge in [0, 0.05) is 6.04 Å². The first kappa shape index (κ1) is 15.3. The lowest BCUT2D eigenvalue weighted by Crippen LogP contribution is -2.32. The highest BCUT2D eigenvalue weighted by molar-refractivity contribution is 5.17. The Kier molecular flexibility index (Phi) is 6.86. The van der Waals surface area contributed by atoms with Crippen molar-refractivity contribution in [3.63, 3.8) is 0 Å². The number of allylic oxidation sites excluding steroid dienone is 1. The molecule has 1 aromatic rings. The minimum atomic E-state index is 0.591. The van der Waals surface area contributed by atoms with Crippen molar-refractivity contribution in [2.45, 2.75) is 64.3 Å². The Morgan fingerprint density at radius 1 is 1.10 bits per heavy atom. The molecule has 20 heavy (non-hydrogen) atoms. The van der Waals surface area contributed by atoms with Crippen molar-refractivity contribution in [2.75, 3.05) is 6.54 Å². The van der Waals surface area contributed by atoms with Gasteiger partial charge in [0.25, 0.3) is 0 Å². The second kappa shape index (κ2) is 8.97. The first-order chi connectivity index (χ1) is 9.90. The Morgan fingerprint density at radius 2 is 1.95 bits per heavy atom. The highest BCUT2D eigenvalue weighted by Gasteiger charge is 2.14. The van der Waals surface area contributed by atoms with Gasteiger partial charge in [-0.05, 0) is 57.1 Å². The Hall–Kier alpha value is -1.08. The normalized spacial score (nSPS) is 17.4. The second-order valence-corrected chi connectivity index (χ2v) is 5.91. The monoisotopic (exact) mass is 271 g/mol. The van der Waals surface area contributed by atoms with Crippen molar-refractivity contribution in [1.82, 2.24) is 5.32 Å². The molecule has 0 saturated heterocycles. The predicted octanol–water partition coefficient (Wildman–Crippen LogP) is 4.88. The van der Waals surface area contributed by atoms with Gasteiger partial charge in [0.2, 0.25) is 0 Å². The number of nitrogens with one attached hydrogen (secondary N) is 1. The summed E-state index contributed by atoms with van der Waals surface area (Å²) in [6.45, 7) is 3.39. The van der Waals surface area contributed by atoms with Gasteiger partial charge < -0.3 is 5.32 Å². The average molecular weight is 271 g/mol. The van der Waals surface area contributed by atoms with E-state index in [9.17, 15) is 0 Å². The highest BCUT2D eigenvalue weighted by atomic mass is 14.9.